The SMILES string of the molecule is C=CCN1C(=O)c2ccc(C(=O)OCC(=O)NC(=O)NCCC(C)C)cc2C1=O. The molecule has 0 radical (unpaired) electrons. The number of ether oxygens (including phenoxy) is 1. The molecule has 0 bridgehead atoms. The maximum atomic E-state index is 12.3. The third-order valence-electron chi connectivity index (χ3n) is 4.11. The zero-order chi connectivity index (χ0) is 21.6. The van der Waals surface area contributed by atoms with E-state index >= 15 is 0 Å². The summed E-state index contributed by atoms with van der Waals surface area (Å²) in [6, 6.07) is 3.27. The summed E-state index contributed by atoms with van der Waals surface area (Å²) in [6.45, 7) is 7.32. The van der Waals surface area contributed by atoms with Gasteiger partial charge >= 0.3 is 12.0 Å². The van der Waals surface area contributed by atoms with Crippen LogP contribution in [-0.2, 0) is 9.53 Å². The maximum absolute atomic E-state index is 12.3. The first-order chi connectivity index (χ1) is 13.7. The molecule has 154 valence electrons. The highest BCUT2D eigenvalue weighted by Gasteiger charge is 2.35. The fourth-order valence-electron chi connectivity index (χ4n) is 2.61. The van der Waals surface area contributed by atoms with Crippen LogP contribution in [0.3, 0.4) is 0 Å². The molecule has 2 N–H and O–H groups in total. The summed E-state index contributed by atoms with van der Waals surface area (Å²) >= 11 is 0. The number of fused-ring (bicyclic) bond motifs is 1. The van der Waals surface area contributed by atoms with Crippen LogP contribution in [0.25, 0.3) is 0 Å². The fourth-order valence-corrected chi connectivity index (χ4v) is 2.61. The molecule has 9 heteroatoms. The number of urea groups is 1. The van der Waals surface area contributed by atoms with Crippen molar-refractivity contribution in [2.24, 2.45) is 5.92 Å². The first-order valence-electron chi connectivity index (χ1n) is 9.10. The third-order valence-corrected chi connectivity index (χ3v) is 4.11. The highest BCUT2D eigenvalue weighted by molar-refractivity contribution is 6.22. The number of carbonyl (C=O) groups is 5. The summed E-state index contributed by atoms with van der Waals surface area (Å²) < 4.78 is 4.87. The maximum Gasteiger partial charge on any atom is 0.338 e. The normalized spacial score (nSPS) is 12.6. The Kier molecular flexibility index (Phi) is 7.24. The molecule has 1 aromatic carbocycles. The van der Waals surface area contributed by atoms with E-state index in [1.807, 2.05) is 13.8 Å². The number of imide groups is 2. The highest BCUT2D eigenvalue weighted by Crippen LogP contribution is 2.24. The second kappa shape index (κ2) is 9.63. The van der Waals surface area contributed by atoms with Crippen LogP contribution in [0.5, 0.6) is 0 Å². The number of benzene rings is 1. The van der Waals surface area contributed by atoms with Gasteiger partial charge in [0, 0.05) is 13.1 Å². The minimum atomic E-state index is -0.856. The summed E-state index contributed by atoms with van der Waals surface area (Å²) in [5.41, 5.74) is 0.282. The Hall–Kier alpha value is -3.49. The average molecular weight is 401 g/mol. The molecular formula is C20H23N3O6. The number of esters is 1. The van der Waals surface area contributed by atoms with Gasteiger partial charge in [-0.05, 0) is 30.5 Å². The van der Waals surface area contributed by atoms with Crippen LogP contribution in [0.15, 0.2) is 30.9 Å². The van der Waals surface area contributed by atoms with Gasteiger partial charge in [0.15, 0.2) is 6.61 Å². The Morgan fingerprint density at radius 1 is 1.17 bits per heavy atom. The number of nitrogens with one attached hydrogen (secondary N) is 2. The number of amides is 5. The van der Waals surface area contributed by atoms with Crippen molar-refractivity contribution in [3.8, 4) is 0 Å². The quantitative estimate of drug-likeness (QED) is 0.387. The molecule has 29 heavy (non-hydrogen) atoms. The van der Waals surface area contributed by atoms with Crippen LogP contribution in [0.1, 0.15) is 51.3 Å². The number of nitrogens with zero attached hydrogens (tertiary/aromatic N) is 1. The van der Waals surface area contributed by atoms with Gasteiger partial charge in [0.2, 0.25) is 0 Å². The van der Waals surface area contributed by atoms with Gasteiger partial charge in [-0.3, -0.25) is 24.6 Å². The number of carbonyl (C=O) groups excluding carboxylic acids is 5. The largest absolute Gasteiger partial charge is 0.452 e. The van der Waals surface area contributed by atoms with Crippen molar-refractivity contribution in [3.63, 3.8) is 0 Å². The molecule has 0 aromatic heterocycles. The molecule has 0 saturated heterocycles. The van der Waals surface area contributed by atoms with Crippen LogP contribution in [0.4, 0.5) is 4.79 Å². The lowest BCUT2D eigenvalue weighted by molar-refractivity contribution is -0.123. The molecule has 9 nitrogen and oxygen atoms in total. The van der Waals surface area contributed by atoms with Crippen LogP contribution in [0.2, 0.25) is 0 Å². The molecule has 5 amide bonds. The Balaban J connectivity index is 1.90. The van der Waals surface area contributed by atoms with Crippen LogP contribution in [0, 0.1) is 5.92 Å². The predicted octanol–water partition coefficient (Wildman–Crippen LogP) is 1.50. The van der Waals surface area contributed by atoms with E-state index < -0.39 is 36.3 Å². The Bertz CT molecular complexity index is 862. The van der Waals surface area contributed by atoms with Gasteiger partial charge in [-0.25, -0.2) is 9.59 Å². The predicted molar refractivity (Wildman–Crippen MR) is 103 cm³/mol. The Morgan fingerprint density at radius 3 is 2.52 bits per heavy atom. The van der Waals surface area contributed by atoms with E-state index in [1.54, 1.807) is 0 Å². The van der Waals surface area contributed by atoms with Gasteiger partial charge in [-0.2, -0.15) is 0 Å². The van der Waals surface area contributed by atoms with E-state index in [1.165, 1.54) is 24.3 Å². The molecule has 0 atom stereocenters. The van der Waals surface area contributed by atoms with E-state index in [-0.39, 0.29) is 23.2 Å². The van der Waals surface area contributed by atoms with Gasteiger partial charge in [0.05, 0.1) is 16.7 Å². The Morgan fingerprint density at radius 2 is 1.86 bits per heavy atom. The zero-order valence-corrected chi connectivity index (χ0v) is 16.3. The van der Waals surface area contributed by atoms with Gasteiger partial charge in [-0.15, -0.1) is 6.58 Å². The first kappa shape index (κ1) is 21.8. The van der Waals surface area contributed by atoms with Crippen LogP contribution in [-0.4, -0.2) is 54.3 Å². The lowest BCUT2D eigenvalue weighted by atomic mass is 10.1. The molecule has 0 fully saturated rings. The van der Waals surface area contributed by atoms with Crippen molar-refractivity contribution in [3.05, 3.63) is 47.5 Å². The van der Waals surface area contributed by atoms with Crippen molar-refractivity contribution in [1.82, 2.24) is 15.5 Å². The highest BCUT2D eigenvalue weighted by atomic mass is 16.5. The van der Waals surface area contributed by atoms with E-state index in [2.05, 4.69) is 17.2 Å². The fraction of sp³-hybridized carbons (Fsp3) is 0.350. The summed E-state index contributed by atoms with van der Waals surface area (Å²) in [7, 11) is 0. The summed E-state index contributed by atoms with van der Waals surface area (Å²) in [5.74, 6) is -2.23. The number of hydrogen-bond donors (Lipinski definition) is 2. The van der Waals surface area contributed by atoms with Gasteiger partial charge in [0.25, 0.3) is 17.7 Å². The second-order valence-electron chi connectivity index (χ2n) is 6.83. The average Bonchev–Trinajstić information content (AvgIpc) is 2.90. The van der Waals surface area contributed by atoms with Crippen LogP contribution < -0.4 is 10.6 Å². The van der Waals surface area contributed by atoms with Gasteiger partial charge in [-0.1, -0.05) is 19.9 Å². The molecule has 0 saturated carbocycles. The Labute approximate surface area is 168 Å². The minimum Gasteiger partial charge on any atom is -0.452 e. The molecule has 0 unspecified atom stereocenters. The molecular weight excluding hydrogens is 378 g/mol. The lowest BCUT2D eigenvalue weighted by Gasteiger charge is -2.09. The topological polar surface area (TPSA) is 122 Å². The van der Waals surface area contributed by atoms with Crippen molar-refractivity contribution in [2.75, 3.05) is 19.7 Å². The summed E-state index contributed by atoms with van der Waals surface area (Å²) in [6.07, 6.45) is 2.19. The lowest BCUT2D eigenvalue weighted by Crippen LogP contribution is -2.42. The monoisotopic (exact) mass is 401 g/mol. The zero-order valence-electron chi connectivity index (χ0n) is 16.3. The standard InChI is InChI=1S/C20H23N3O6/c1-4-9-23-17(25)14-6-5-13(10-15(14)18(23)26)19(27)29-11-16(24)22-20(28)21-8-7-12(2)3/h4-6,10,12H,1,7-9,11H2,2-3H3,(H2,21,22,24,28). The van der Waals surface area contributed by atoms with E-state index in [9.17, 15) is 24.0 Å². The molecule has 0 spiro atoms. The summed E-state index contributed by atoms with van der Waals surface area (Å²) in [5, 5.41) is 4.58. The van der Waals surface area contributed by atoms with Crippen LogP contribution >= 0.6 is 0 Å². The second-order valence-corrected chi connectivity index (χ2v) is 6.83. The molecule has 0 aliphatic carbocycles. The number of hydrogen-bond acceptors (Lipinski definition) is 6. The smallest absolute Gasteiger partial charge is 0.338 e. The van der Waals surface area contributed by atoms with E-state index in [4.69, 9.17) is 4.74 Å². The third kappa shape index (κ3) is 5.50. The van der Waals surface area contributed by atoms with E-state index in [0.717, 1.165) is 11.3 Å². The number of rotatable bonds is 8. The van der Waals surface area contributed by atoms with Crippen molar-refractivity contribution >= 4 is 29.7 Å². The molecule has 1 heterocycles. The minimum absolute atomic E-state index is 0.0135. The van der Waals surface area contributed by atoms with Gasteiger partial charge in [0.1, 0.15) is 0 Å². The van der Waals surface area contributed by atoms with E-state index in [0.29, 0.717) is 12.5 Å². The molecule has 2 rings (SSSR count). The van der Waals surface area contributed by atoms with Gasteiger partial charge < -0.3 is 10.1 Å². The molecule has 1 aromatic rings. The molecule has 1 aliphatic heterocycles. The van der Waals surface area contributed by atoms with Crippen molar-refractivity contribution < 1.29 is 28.7 Å². The van der Waals surface area contributed by atoms with Crippen molar-refractivity contribution in [2.45, 2.75) is 20.3 Å². The molecule has 1 aliphatic rings. The first-order valence-corrected chi connectivity index (χ1v) is 9.10. The van der Waals surface area contributed by atoms with Crippen molar-refractivity contribution in [1.29, 1.82) is 0 Å². The summed E-state index contributed by atoms with van der Waals surface area (Å²) in [4.78, 5) is 60.9.